The molecule has 0 bridgehead atoms. The Morgan fingerprint density at radius 1 is 1.47 bits per heavy atom. The fourth-order valence-corrected chi connectivity index (χ4v) is 1.84. The van der Waals surface area contributed by atoms with Crippen LogP contribution < -0.4 is 5.32 Å². The van der Waals surface area contributed by atoms with E-state index in [0.29, 0.717) is 5.92 Å². The van der Waals surface area contributed by atoms with Crippen LogP contribution in [0.5, 0.6) is 0 Å². The van der Waals surface area contributed by atoms with Crippen molar-refractivity contribution in [3.63, 3.8) is 0 Å². The van der Waals surface area contributed by atoms with Crippen LogP contribution >= 0.6 is 15.9 Å². The van der Waals surface area contributed by atoms with Gasteiger partial charge in [-0.05, 0) is 23.6 Å². The van der Waals surface area contributed by atoms with E-state index in [1.54, 1.807) is 7.11 Å². The quantitative estimate of drug-likeness (QED) is 0.804. The van der Waals surface area contributed by atoms with Gasteiger partial charge in [-0.3, -0.25) is 0 Å². The molecule has 0 radical (unpaired) electrons. The molecule has 0 aliphatic heterocycles. The first kappa shape index (κ1) is 12.7. The highest BCUT2D eigenvalue weighted by atomic mass is 79.9. The van der Waals surface area contributed by atoms with E-state index in [0.717, 1.165) is 24.2 Å². The minimum absolute atomic E-state index is 0.527. The topological polar surface area (TPSA) is 21.3 Å². The molecule has 1 rings (SSSR count). The van der Waals surface area contributed by atoms with E-state index in [9.17, 15) is 0 Å². The van der Waals surface area contributed by atoms with E-state index in [1.807, 2.05) is 0 Å². The lowest BCUT2D eigenvalue weighted by Crippen LogP contribution is -2.23. The Kier molecular flexibility index (Phi) is 5.91. The molecule has 84 valence electrons. The lowest BCUT2D eigenvalue weighted by atomic mass is 10.0. The molecule has 1 unspecified atom stereocenters. The number of halogens is 1. The van der Waals surface area contributed by atoms with Crippen molar-refractivity contribution in [1.82, 2.24) is 5.32 Å². The Hall–Kier alpha value is -0.380. The minimum atomic E-state index is 0.527. The molecule has 0 saturated heterocycles. The lowest BCUT2D eigenvalue weighted by Gasteiger charge is -2.13. The average Bonchev–Trinajstić information content (AvgIpc) is 2.24. The molecule has 0 aromatic heterocycles. The summed E-state index contributed by atoms with van der Waals surface area (Å²) in [5.74, 6) is 0.527. The van der Waals surface area contributed by atoms with Crippen LogP contribution in [-0.2, 0) is 4.74 Å². The summed E-state index contributed by atoms with van der Waals surface area (Å²) in [4.78, 5) is 0. The average molecular weight is 272 g/mol. The normalized spacial score (nSPS) is 12.7. The van der Waals surface area contributed by atoms with Crippen LogP contribution in [0.25, 0.3) is 0 Å². The summed E-state index contributed by atoms with van der Waals surface area (Å²) in [6.07, 6.45) is 0. The summed E-state index contributed by atoms with van der Waals surface area (Å²) in [7, 11) is 1.72. The van der Waals surface area contributed by atoms with Crippen molar-refractivity contribution in [3.8, 4) is 0 Å². The SMILES string of the molecule is COCCNCC(C)c1cccc(Br)c1. The first-order valence-electron chi connectivity index (χ1n) is 5.19. The second-order valence-electron chi connectivity index (χ2n) is 3.65. The fourth-order valence-electron chi connectivity index (χ4n) is 1.42. The molecule has 15 heavy (non-hydrogen) atoms. The van der Waals surface area contributed by atoms with Crippen molar-refractivity contribution in [1.29, 1.82) is 0 Å². The number of ether oxygens (including phenoxy) is 1. The van der Waals surface area contributed by atoms with Crippen molar-refractivity contribution in [2.24, 2.45) is 0 Å². The first-order chi connectivity index (χ1) is 7.24. The summed E-state index contributed by atoms with van der Waals surface area (Å²) in [6, 6.07) is 8.45. The van der Waals surface area contributed by atoms with E-state index in [1.165, 1.54) is 5.56 Å². The number of methoxy groups -OCH3 is 1. The van der Waals surface area contributed by atoms with E-state index in [2.05, 4.69) is 52.4 Å². The third-order valence-corrected chi connectivity index (χ3v) is 2.84. The number of rotatable bonds is 6. The monoisotopic (exact) mass is 271 g/mol. The van der Waals surface area contributed by atoms with Gasteiger partial charge in [-0.25, -0.2) is 0 Å². The summed E-state index contributed by atoms with van der Waals surface area (Å²) in [5.41, 5.74) is 1.36. The summed E-state index contributed by atoms with van der Waals surface area (Å²) < 4.78 is 6.12. The third kappa shape index (κ3) is 4.78. The van der Waals surface area contributed by atoms with Crippen LogP contribution in [0.3, 0.4) is 0 Å². The Morgan fingerprint density at radius 3 is 2.93 bits per heavy atom. The maximum atomic E-state index is 4.98. The van der Waals surface area contributed by atoms with Gasteiger partial charge in [0.1, 0.15) is 0 Å². The molecule has 2 nitrogen and oxygen atoms in total. The smallest absolute Gasteiger partial charge is 0.0587 e. The van der Waals surface area contributed by atoms with Gasteiger partial charge in [0, 0.05) is 24.7 Å². The van der Waals surface area contributed by atoms with Crippen molar-refractivity contribution >= 4 is 15.9 Å². The molecule has 0 spiro atoms. The van der Waals surface area contributed by atoms with Crippen molar-refractivity contribution in [2.45, 2.75) is 12.8 Å². The molecule has 0 fully saturated rings. The number of hydrogen-bond donors (Lipinski definition) is 1. The van der Waals surface area contributed by atoms with Gasteiger partial charge in [-0.2, -0.15) is 0 Å². The fraction of sp³-hybridized carbons (Fsp3) is 0.500. The van der Waals surface area contributed by atoms with Crippen LogP contribution in [0.1, 0.15) is 18.4 Å². The zero-order chi connectivity index (χ0) is 11.1. The zero-order valence-corrected chi connectivity index (χ0v) is 10.9. The van der Waals surface area contributed by atoms with Crippen molar-refractivity contribution in [3.05, 3.63) is 34.3 Å². The van der Waals surface area contributed by atoms with E-state index in [-0.39, 0.29) is 0 Å². The largest absolute Gasteiger partial charge is 0.383 e. The first-order valence-corrected chi connectivity index (χ1v) is 5.98. The Labute approximate surface area is 100 Å². The van der Waals surface area contributed by atoms with Gasteiger partial charge < -0.3 is 10.1 Å². The summed E-state index contributed by atoms with van der Waals surface area (Å²) in [6.45, 7) is 4.89. The highest BCUT2D eigenvalue weighted by molar-refractivity contribution is 9.10. The highest BCUT2D eigenvalue weighted by Crippen LogP contribution is 2.18. The van der Waals surface area contributed by atoms with E-state index >= 15 is 0 Å². The van der Waals surface area contributed by atoms with Crippen molar-refractivity contribution in [2.75, 3.05) is 26.8 Å². The second-order valence-corrected chi connectivity index (χ2v) is 4.57. The number of benzene rings is 1. The molecular formula is C12H18BrNO. The zero-order valence-electron chi connectivity index (χ0n) is 9.29. The van der Waals surface area contributed by atoms with E-state index in [4.69, 9.17) is 4.74 Å². The van der Waals surface area contributed by atoms with E-state index < -0.39 is 0 Å². The maximum absolute atomic E-state index is 4.98. The minimum Gasteiger partial charge on any atom is -0.383 e. The lowest BCUT2D eigenvalue weighted by molar-refractivity contribution is 0.199. The van der Waals surface area contributed by atoms with Gasteiger partial charge in [0.25, 0.3) is 0 Å². The molecule has 0 aliphatic rings. The second kappa shape index (κ2) is 6.99. The molecule has 0 aliphatic carbocycles. The Bertz CT molecular complexity index is 291. The Balaban J connectivity index is 2.36. The predicted molar refractivity (Wildman–Crippen MR) is 67.3 cm³/mol. The Morgan fingerprint density at radius 2 is 2.27 bits per heavy atom. The molecule has 3 heteroatoms. The molecular weight excluding hydrogens is 254 g/mol. The predicted octanol–water partition coefficient (Wildman–Crippen LogP) is 2.79. The van der Waals surface area contributed by atoms with Crippen LogP contribution in [0.15, 0.2) is 28.7 Å². The maximum Gasteiger partial charge on any atom is 0.0587 e. The summed E-state index contributed by atoms with van der Waals surface area (Å²) >= 11 is 3.48. The van der Waals surface area contributed by atoms with Gasteiger partial charge in [0.2, 0.25) is 0 Å². The molecule has 1 atom stereocenters. The number of hydrogen-bond acceptors (Lipinski definition) is 2. The van der Waals surface area contributed by atoms with Gasteiger partial charge in [0.15, 0.2) is 0 Å². The van der Waals surface area contributed by atoms with Gasteiger partial charge in [0.05, 0.1) is 6.61 Å². The van der Waals surface area contributed by atoms with Crippen molar-refractivity contribution < 1.29 is 4.74 Å². The summed E-state index contributed by atoms with van der Waals surface area (Å²) in [5, 5.41) is 3.36. The van der Waals surface area contributed by atoms with Crippen LogP contribution in [-0.4, -0.2) is 26.8 Å². The third-order valence-electron chi connectivity index (χ3n) is 2.35. The van der Waals surface area contributed by atoms with Gasteiger partial charge in [-0.1, -0.05) is 35.0 Å². The number of nitrogens with one attached hydrogen (secondary N) is 1. The van der Waals surface area contributed by atoms with Crippen LogP contribution in [0.2, 0.25) is 0 Å². The van der Waals surface area contributed by atoms with Crippen LogP contribution in [0, 0.1) is 0 Å². The van der Waals surface area contributed by atoms with Gasteiger partial charge in [-0.15, -0.1) is 0 Å². The molecule has 1 N–H and O–H groups in total. The molecule has 1 aromatic carbocycles. The standard InChI is InChI=1S/C12H18BrNO/c1-10(9-14-6-7-15-2)11-4-3-5-12(13)8-11/h3-5,8,10,14H,6-7,9H2,1-2H3. The molecule has 0 amide bonds. The highest BCUT2D eigenvalue weighted by Gasteiger charge is 2.04. The van der Waals surface area contributed by atoms with Gasteiger partial charge >= 0.3 is 0 Å². The molecule has 1 aromatic rings. The molecule has 0 heterocycles. The van der Waals surface area contributed by atoms with Crippen LogP contribution in [0.4, 0.5) is 0 Å². The molecule has 0 saturated carbocycles.